The molecular weight excluding hydrogens is 404 g/mol. The monoisotopic (exact) mass is 430 g/mol. The fourth-order valence-corrected chi connectivity index (χ4v) is 4.16. The second-order valence-corrected chi connectivity index (χ2v) is 8.22. The van der Waals surface area contributed by atoms with Crippen LogP contribution in [0.2, 0.25) is 0 Å². The molecule has 0 aliphatic heterocycles. The second kappa shape index (κ2) is 9.23. The van der Waals surface area contributed by atoms with Gasteiger partial charge in [0.1, 0.15) is 0 Å². The third kappa shape index (κ3) is 4.47. The van der Waals surface area contributed by atoms with E-state index in [4.69, 9.17) is 21.4 Å². The molecule has 5 rings (SSSR count). The van der Waals surface area contributed by atoms with E-state index in [1.54, 1.807) is 0 Å². The zero-order valence-corrected chi connectivity index (χ0v) is 18.4. The van der Waals surface area contributed by atoms with E-state index >= 15 is 0 Å². The first kappa shape index (κ1) is 20.9. The Morgan fingerprint density at radius 3 is 2.15 bits per heavy atom. The summed E-state index contributed by atoms with van der Waals surface area (Å²) < 4.78 is 0. The van der Waals surface area contributed by atoms with Gasteiger partial charge in [-0.1, -0.05) is 66.7 Å². The van der Waals surface area contributed by atoms with E-state index in [0.29, 0.717) is 6.54 Å². The predicted octanol–water partition coefficient (Wildman–Crippen LogP) is 5.79. The Hall–Kier alpha value is -4.02. The van der Waals surface area contributed by atoms with Crippen LogP contribution in [0.15, 0.2) is 97.2 Å². The van der Waals surface area contributed by atoms with Crippen molar-refractivity contribution in [2.24, 2.45) is 5.73 Å². The van der Waals surface area contributed by atoms with Gasteiger partial charge < -0.3 is 11.5 Å². The van der Waals surface area contributed by atoms with Crippen LogP contribution in [0.1, 0.15) is 16.8 Å². The van der Waals surface area contributed by atoms with Crippen LogP contribution in [0.5, 0.6) is 0 Å². The minimum absolute atomic E-state index is 0.528. The Bertz CT molecular complexity index is 1380. The van der Waals surface area contributed by atoms with Crippen molar-refractivity contribution in [3.05, 3.63) is 114 Å². The quantitative estimate of drug-likeness (QED) is 0.334. The molecule has 0 unspecified atom stereocenters. The molecule has 0 radical (unpaired) electrons. The van der Waals surface area contributed by atoms with Crippen LogP contribution in [0.25, 0.3) is 33.3 Å². The zero-order chi connectivity index (χ0) is 22.6. The molecule has 0 aliphatic rings. The van der Waals surface area contributed by atoms with E-state index in [1.165, 1.54) is 5.56 Å². The molecule has 33 heavy (non-hydrogen) atoms. The maximum absolute atomic E-state index is 5.83. The van der Waals surface area contributed by atoms with E-state index in [1.807, 2.05) is 30.5 Å². The molecule has 0 saturated heterocycles. The molecule has 4 nitrogen and oxygen atoms in total. The summed E-state index contributed by atoms with van der Waals surface area (Å²) in [6.45, 7) is 0.528. The second-order valence-electron chi connectivity index (χ2n) is 8.22. The number of nitrogen functional groups attached to an aromatic ring is 1. The molecule has 2 heterocycles. The lowest BCUT2D eigenvalue weighted by Crippen LogP contribution is -1.99. The van der Waals surface area contributed by atoms with Gasteiger partial charge in [0, 0.05) is 34.9 Å². The highest BCUT2D eigenvalue weighted by atomic mass is 14.7. The standard InChI is InChI=1S/C29H26N4/c30-19-21-6-11-23(12-7-21)29-25(22-4-2-1-3-5-22)18-26-27(32-17-16-28(26)33-29)15-10-20-8-13-24(31)14-9-20/h1-9,11-14,16-18H,10,15,19,30-31H2. The Morgan fingerprint density at radius 2 is 1.42 bits per heavy atom. The number of aromatic nitrogens is 2. The molecule has 0 fully saturated rings. The number of hydrogen-bond acceptors (Lipinski definition) is 4. The van der Waals surface area contributed by atoms with Gasteiger partial charge in [-0.2, -0.15) is 0 Å². The molecule has 0 atom stereocenters. The highest BCUT2D eigenvalue weighted by molar-refractivity contribution is 5.92. The summed E-state index contributed by atoms with van der Waals surface area (Å²) in [4.78, 5) is 9.84. The van der Waals surface area contributed by atoms with Gasteiger partial charge >= 0.3 is 0 Å². The highest BCUT2D eigenvalue weighted by Crippen LogP contribution is 2.34. The van der Waals surface area contributed by atoms with Crippen LogP contribution in [0, 0.1) is 0 Å². The molecule has 0 aliphatic carbocycles. The molecule has 162 valence electrons. The van der Waals surface area contributed by atoms with Gasteiger partial charge in [0.25, 0.3) is 0 Å². The topological polar surface area (TPSA) is 77.8 Å². The van der Waals surface area contributed by atoms with Crippen LogP contribution in [0.4, 0.5) is 5.69 Å². The molecule has 0 spiro atoms. The fourth-order valence-electron chi connectivity index (χ4n) is 4.16. The van der Waals surface area contributed by atoms with E-state index < -0.39 is 0 Å². The average molecular weight is 431 g/mol. The lowest BCUT2D eigenvalue weighted by Gasteiger charge is -2.14. The summed E-state index contributed by atoms with van der Waals surface area (Å²) in [5.41, 5.74) is 21.1. The number of pyridine rings is 2. The summed E-state index contributed by atoms with van der Waals surface area (Å²) >= 11 is 0. The van der Waals surface area contributed by atoms with Crippen LogP contribution in [-0.4, -0.2) is 9.97 Å². The van der Waals surface area contributed by atoms with Crippen molar-refractivity contribution in [2.45, 2.75) is 19.4 Å². The smallest absolute Gasteiger partial charge is 0.0788 e. The van der Waals surface area contributed by atoms with Crippen molar-refractivity contribution in [1.29, 1.82) is 0 Å². The predicted molar refractivity (Wildman–Crippen MR) is 137 cm³/mol. The maximum Gasteiger partial charge on any atom is 0.0788 e. The van der Waals surface area contributed by atoms with E-state index in [0.717, 1.165) is 63.1 Å². The first-order valence-corrected chi connectivity index (χ1v) is 11.2. The highest BCUT2D eigenvalue weighted by Gasteiger charge is 2.14. The van der Waals surface area contributed by atoms with Crippen molar-refractivity contribution < 1.29 is 0 Å². The minimum Gasteiger partial charge on any atom is -0.399 e. The number of rotatable bonds is 6. The third-order valence-electron chi connectivity index (χ3n) is 6.00. The number of fused-ring (bicyclic) bond motifs is 1. The summed E-state index contributed by atoms with van der Waals surface area (Å²) in [6, 6.07) is 31.1. The summed E-state index contributed by atoms with van der Waals surface area (Å²) in [5.74, 6) is 0. The van der Waals surface area contributed by atoms with Crippen LogP contribution >= 0.6 is 0 Å². The Balaban J connectivity index is 1.61. The van der Waals surface area contributed by atoms with Crippen molar-refractivity contribution in [3.8, 4) is 22.4 Å². The zero-order valence-electron chi connectivity index (χ0n) is 18.4. The molecule has 0 amide bonds. The van der Waals surface area contributed by atoms with Gasteiger partial charge in [-0.05, 0) is 53.8 Å². The third-order valence-corrected chi connectivity index (χ3v) is 6.00. The van der Waals surface area contributed by atoms with Crippen LogP contribution in [-0.2, 0) is 19.4 Å². The first-order chi connectivity index (χ1) is 16.2. The van der Waals surface area contributed by atoms with Gasteiger partial charge in [-0.25, -0.2) is 4.98 Å². The van der Waals surface area contributed by atoms with Gasteiger partial charge in [0.05, 0.1) is 16.9 Å². The first-order valence-electron chi connectivity index (χ1n) is 11.2. The summed E-state index contributed by atoms with van der Waals surface area (Å²) in [7, 11) is 0. The number of hydrogen-bond donors (Lipinski definition) is 2. The SMILES string of the molecule is NCc1ccc(-c2nc3ccnc(CCc4ccc(N)cc4)c3cc2-c2ccccc2)cc1. The summed E-state index contributed by atoms with van der Waals surface area (Å²) in [5, 5.41) is 1.09. The van der Waals surface area contributed by atoms with Gasteiger partial charge in [-0.3, -0.25) is 4.98 Å². The largest absolute Gasteiger partial charge is 0.399 e. The van der Waals surface area contributed by atoms with Gasteiger partial charge in [0.15, 0.2) is 0 Å². The molecule has 0 bridgehead atoms. The van der Waals surface area contributed by atoms with Crippen molar-refractivity contribution in [2.75, 3.05) is 5.73 Å². The molecule has 5 aromatic rings. The van der Waals surface area contributed by atoms with Gasteiger partial charge in [-0.15, -0.1) is 0 Å². The summed E-state index contributed by atoms with van der Waals surface area (Å²) in [6.07, 6.45) is 3.59. The lowest BCUT2D eigenvalue weighted by molar-refractivity contribution is 0.925. The Kier molecular flexibility index (Phi) is 5.83. The number of aryl methyl sites for hydroxylation is 2. The number of nitrogens with zero attached hydrogens (tertiary/aromatic N) is 2. The van der Waals surface area contributed by atoms with Crippen molar-refractivity contribution in [1.82, 2.24) is 9.97 Å². The molecular formula is C29H26N4. The van der Waals surface area contributed by atoms with E-state index in [2.05, 4.69) is 66.7 Å². The van der Waals surface area contributed by atoms with Crippen molar-refractivity contribution in [3.63, 3.8) is 0 Å². The average Bonchev–Trinajstić information content (AvgIpc) is 2.88. The number of benzene rings is 3. The van der Waals surface area contributed by atoms with E-state index in [9.17, 15) is 0 Å². The van der Waals surface area contributed by atoms with Crippen molar-refractivity contribution >= 4 is 16.6 Å². The normalized spacial score (nSPS) is 11.1. The molecule has 2 aromatic heterocycles. The number of nitrogens with two attached hydrogens (primary N) is 2. The minimum atomic E-state index is 0.528. The van der Waals surface area contributed by atoms with E-state index in [-0.39, 0.29) is 0 Å². The van der Waals surface area contributed by atoms with Gasteiger partial charge in [0.2, 0.25) is 0 Å². The molecule has 4 heteroatoms. The molecule has 0 saturated carbocycles. The Labute approximate surface area is 193 Å². The fraction of sp³-hybridized carbons (Fsp3) is 0.103. The van der Waals surface area contributed by atoms with Crippen LogP contribution in [0.3, 0.4) is 0 Å². The maximum atomic E-state index is 5.83. The number of anilines is 1. The van der Waals surface area contributed by atoms with Crippen LogP contribution < -0.4 is 11.5 Å². The lowest BCUT2D eigenvalue weighted by atomic mass is 9.96. The Morgan fingerprint density at radius 1 is 0.697 bits per heavy atom. The molecule has 3 aromatic carbocycles. The molecule has 4 N–H and O–H groups in total.